The van der Waals surface area contributed by atoms with Gasteiger partial charge in [0.15, 0.2) is 0 Å². The van der Waals surface area contributed by atoms with E-state index in [4.69, 9.17) is 12.2 Å². The molecule has 0 aromatic heterocycles. The molecule has 2 aromatic rings. The fraction of sp³-hybridized carbons (Fsp3) is 0.182. The van der Waals surface area contributed by atoms with Crippen LogP contribution in [0.1, 0.15) is 28.8 Å². The molecule has 2 aromatic carbocycles. The first-order chi connectivity index (χ1) is 14.9. The SMILES string of the molecule is COC(=O)c1ccc(/C=C2\SC(=S)N(CCCC(=O)Nc3ccc(O)cc3)C2=O)cc1. The second-order valence-electron chi connectivity index (χ2n) is 6.65. The van der Waals surface area contributed by atoms with Gasteiger partial charge in [-0.3, -0.25) is 14.5 Å². The molecule has 1 aliphatic rings. The number of nitrogens with one attached hydrogen (secondary N) is 1. The monoisotopic (exact) mass is 456 g/mol. The first kappa shape index (κ1) is 22.5. The molecule has 1 heterocycles. The lowest BCUT2D eigenvalue weighted by Gasteiger charge is -2.14. The van der Waals surface area contributed by atoms with E-state index in [-0.39, 0.29) is 24.0 Å². The first-order valence-corrected chi connectivity index (χ1v) is 10.6. The van der Waals surface area contributed by atoms with Crippen molar-refractivity contribution in [1.82, 2.24) is 4.90 Å². The number of phenols is 1. The molecule has 0 aliphatic carbocycles. The number of aromatic hydroxyl groups is 1. The number of hydrogen-bond donors (Lipinski definition) is 2. The third-order valence-corrected chi connectivity index (χ3v) is 5.82. The van der Waals surface area contributed by atoms with E-state index < -0.39 is 5.97 Å². The van der Waals surface area contributed by atoms with Crippen molar-refractivity contribution in [3.63, 3.8) is 0 Å². The summed E-state index contributed by atoms with van der Waals surface area (Å²) in [6.07, 6.45) is 2.40. The minimum atomic E-state index is -0.424. The molecular formula is C22H20N2O5S2. The topological polar surface area (TPSA) is 95.9 Å². The van der Waals surface area contributed by atoms with Crippen molar-refractivity contribution in [3.8, 4) is 5.75 Å². The van der Waals surface area contributed by atoms with Gasteiger partial charge in [-0.25, -0.2) is 4.79 Å². The van der Waals surface area contributed by atoms with Crippen LogP contribution < -0.4 is 5.32 Å². The van der Waals surface area contributed by atoms with Gasteiger partial charge in [0, 0.05) is 18.7 Å². The predicted molar refractivity (Wildman–Crippen MR) is 124 cm³/mol. The first-order valence-electron chi connectivity index (χ1n) is 9.40. The molecule has 1 saturated heterocycles. The summed E-state index contributed by atoms with van der Waals surface area (Å²) in [4.78, 5) is 38.3. The van der Waals surface area contributed by atoms with Crippen molar-refractivity contribution in [2.75, 3.05) is 19.0 Å². The van der Waals surface area contributed by atoms with E-state index in [1.54, 1.807) is 42.5 Å². The molecule has 0 unspecified atom stereocenters. The Balaban J connectivity index is 1.53. The Labute approximate surface area is 189 Å². The van der Waals surface area contributed by atoms with E-state index in [2.05, 4.69) is 10.1 Å². The summed E-state index contributed by atoms with van der Waals surface area (Å²) >= 11 is 6.53. The summed E-state index contributed by atoms with van der Waals surface area (Å²) in [5.74, 6) is -0.685. The number of esters is 1. The van der Waals surface area contributed by atoms with Gasteiger partial charge in [-0.05, 0) is 54.5 Å². The standard InChI is InChI=1S/C22H20N2O5S2/c1-29-21(28)15-6-4-14(5-7-15)13-18-20(27)24(22(30)31-18)12-2-3-19(26)23-16-8-10-17(25)11-9-16/h4-11,13,25H,2-3,12H2,1H3,(H,23,26)/b18-13-. The van der Waals surface area contributed by atoms with Crippen molar-refractivity contribution in [3.05, 3.63) is 64.6 Å². The number of carbonyl (C=O) groups is 3. The molecule has 0 saturated carbocycles. The van der Waals surface area contributed by atoms with E-state index in [0.717, 1.165) is 5.56 Å². The van der Waals surface area contributed by atoms with Crippen molar-refractivity contribution in [2.24, 2.45) is 0 Å². The van der Waals surface area contributed by atoms with E-state index in [1.165, 1.54) is 35.9 Å². The highest BCUT2D eigenvalue weighted by Crippen LogP contribution is 2.32. The molecule has 2 N–H and O–H groups in total. The van der Waals surface area contributed by atoms with Crippen molar-refractivity contribution in [1.29, 1.82) is 0 Å². The van der Waals surface area contributed by atoms with Crippen LogP contribution in [0.25, 0.3) is 6.08 Å². The number of amides is 2. The van der Waals surface area contributed by atoms with Gasteiger partial charge in [-0.1, -0.05) is 36.1 Å². The van der Waals surface area contributed by atoms with Crippen LogP contribution in [-0.2, 0) is 14.3 Å². The zero-order chi connectivity index (χ0) is 22.4. The van der Waals surface area contributed by atoms with Crippen molar-refractivity contribution >= 4 is 57.8 Å². The normalized spacial score (nSPS) is 14.7. The summed E-state index contributed by atoms with van der Waals surface area (Å²) in [5.41, 5.74) is 1.79. The molecule has 2 amide bonds. The highest BCUT2D eigenvalue weighted by Gasteiger charge is 2.31. The van der Waals surface area contributed by atoms with Crippen LogP contribution in [0.15, 0.2) is 53.4 Å². The highest BCUT2D eigenvalue weighted by atomic mass is 32.2. The lowest BCUT2D eigenvalue weighted by molar-refractivity contribution is -0.122. The molecule has 0 radical (unpaired) electrons. The molecule has 31 heavy (non-hydrogen) atoms. The number of phenolic OH excluding ortho intramolecular Hbond substituents is 1. The molecule has 7 nitrogen and oxygen atoms in total. The lowest BCUT2D eigenvalue weighted by atomic mass is 10.1. The van der Waals surface area contributed by atoms with Crippen molar-refractivity contribution < 1.29 is 24.2 Å². The fourth-order valence-corrected chi connectivity index (χ4v) is 4.15. The van der Waals surface area contributed by atoms with Gasteiger partial charge < -0.3 is 15.2 Å². The van der Waals surface area contributed by atoms with Gasteiger partial charge in [0.05, 0.1) is 17.6 Å². The number of nitrogens with zero attached hydrogens (tertiary/aromatic N) is 1. The van der Waals surface area contributed by atoms with Crippen LogP contribution in [0.3, 0.4) is 0 Å². The largest absolute Gasteiger partial charge is 0.508 e. The summed E-state index contributed by atoms with van der Waals surface area (Å²) in [6, 6.07) is 12.9. The third-order valence-electron chi connectivity index (χ3n) is 4.44. The number of benzene rings is 2. The highest BCUT2D eigenvalue weighted by molar-refractivity contribution is 8.26. The Bertz CT molecular complexity index is 1030. The Morgan fingerprint density at radius 1 is 1.16 bits per heavy atom. The number of methoxy groups -OCH3 is 1. The van der Waals surface area contributed by atoms with E-state index in [1.807, 2.05) is 0 Å². The van der Waals surface area contributed by atoms with Crippen molar-refractivity contribution in [2.45, 2.75) is 12.8 Å². The number of hydrogen-bond acceptors (Lipinski definition) is 7. The summed E-state index contributed by atoms with van der Waals surface area (Å²) in [6.45, 7) is 0.340. The minimum Gasteiger partial charge on any atom is -0.508 e. The molecule has 1 fully saturated rings. The third kappa shape index (κ3) is 5.93. The average Bonchev–Trinajstić information content (AvgIpc) is 3.02. The van der Waals surface area contributed by atoms with Crippen LogP contribution in [-0.4, -0.2) is 45.8 Å². The van der Waals surface area contributed by atoms with Crippen LogP contribution in [0, 0.1) is 0 Å². The van der Waals surface area contributed by atoms with Gasteiger partial charge in [-0.2, -0.15) is 0 Å². The van der Waals surface area contributed by atoms with Gasteiger partial charge in [-0.15, -0.1) is 0 Å². The Kier molecular flexibility index (Phi) is 7.43. The number of anilines is 1. The van der Waals surface area contributed by atoms with Gasteiger partial charge in [0.25, 0.3) is 5.91 Å². The molecule has 0 spiro atoms. The lowest BCUT2D eigenvalue weighted by Crippen LogP contribution is -2.29. The Morgan fingerprint density at radius 3 is 2.48 bits per heavy atom. The van der Waals surface area contributed by atoms with Crippen LogP contribution in [0.4, 0.5) is 5.69 Å². The average molecular weight is 457 g/mol. The molecule has 1 aliphatic heterocycles. The fourth-order valence-electron chi connectivity index (χ4n) is 2.84. The summed E-state index contributed by atoms with van der Waals surface area (Å²) < 4.78 is 5.12. The number of thioether (sulfide) groups is 1. The smallest absolute Gasteiger partial charge is 0.337 e. The molecule has 160 valence electrons. The van der Waals surface area contributed by atoms with Gasteiger partial charge in [0.2, 0.25) is 5.91 Å². The Hall–Kier alpha value is -3.17. The quantitative estimate of drug-likeness (QED) is 0.283. The van der Waals surface area contributed by atoms with E-state index in [9.17, 15) is 19.5 Å². The minimum absolute atomic E-state index is 0.125. The molecule has 9 heteroatoms. The molecular weight excluding hydrogens is 436 g/mol. The van der Waals surface area contributed by atoms with Gasteiger partial charge >= 0.3 is 5.97 Å². The second-order valence-corrected chi connectivity index (χ2v) is 8.32. The Morgan fingerprint density at radius 2 is 1.84 bits per heavy atom. The zero-order valence-electron chi connectivity index (χ0n) is 16.7. The van der Waals surface area contributed by atoms with E-state index in [0.29, 0.717) is 33.4 Å². The van der Waals surface area contributed by atoms with Gasteiger partial charge in [0.1, 0.15) is 10.1 Å². The predicted octanol–water partition coefficient (Wildman–Crippen LogP) is 3.80. The maximum absolute atomic E-state index is 12.7. The summed E-state index contributed by atoms with van der Waals surface area (Å²) in [7, 11) is 1.32. The summed E-state index contributed by atoms with van der Waals surface area (Å²) in [5, 5.41) is 12.0. The van der Waals surface area contributed by atoms with Crippen LogP contribution in [0.5, 0.6) is 5.75 Å². The molecule has 0 atom stereocenters. The maximum Gasteiger partial charge on any atom is 0.337 e. The number of ether oxygens (including phenoxy) is 1. The number of thiocarbonyl (C=S) groups is 1. The van der Waals surface area contributed by atoms with E-state index >= 15 is 0 Å². The number of carbonyl (C=O) groups excluding carboxylic acids is 3. The van der Waals surface area contributed by atoms with Crippen LogP contribution >= 0.6 is 24.0 Å². The second kappa shape index (κ2) is 10.2. The maximum atomic E-state index is 12.7. The number of rotatable bonds is 7. The van der Waals surface area contributed by atoms with Crippen LogP contribution in [0.2, 0.25) is 0 Å². The zero-order valence-corrected chi connectivity index (χ0v) is 18.3. The molecule has 3 rings (SSSR count). The molecule has 0 bridgehead atoms.